The molecule has 0 saturated carbocycles. The first kappa shape index (κ1) is 24.5. The van der Waals surface area contributed by atoms with Gasteiger partial charge in [0.25, 0.3) is 5.91 Å². The van der Waals surface area contributed by atoms with E-state index in [1.54, 1.807) is 28.1 Å². The maximum atomic E-state index is 12.6. The highest BCUT2D eigenvalue weighted by Crippen LogP contribution is 2.27. The second-order valence-electron chi connectivity index (χ2n) is 6.89. The van der Waals surface area contributed by atoms with Crippen molar-refractivity contribution in [1.82, 2.24) is 9.88 Å². The number of halogens is 4. The Balaban J connectivity index is 1.94. The number of alkyl halides is 3. The Bertz CT molecular complexity index is 1200. The van der Waals surface area contributed by atoms with Gasteiger partial charge in [-0.3, -0.25) is 9.59 Å². The van der Waals surface area contributed by atoms with Crippen molar-refractivity contribution >= 4 is 34.8 Å². The van der Waals surface area contributed by atoms with E-state index in [1.807, 2.05) is 0 Å². The van der Waals surface area contributed by atoms with Crippen LogP contribution in [-0.4, -0.2) is 29.3 Å². The molecule has 0 bridgehead atoms. The van der Waals surface area contributed by atoms with Crippen LogP contribution in [-0.2, 0) is 11.3 Å². The zero-order valence-electron chi connectivity index (χ0n) is 17.4. The van der Waals surface area contributed by atoms with Crippen molar-refractivity contribution in [2.75, 3.05) is 6.54 Å². The number of benzene rings is 2. The lowest BCUT2D eigenvalue weighted by atomic mass is 10.1. The third kappa shape index (κ3) is 7.19. The molecule has 3 aromatic rings. The van der Waals surface area contributed by atoms with Crippen molar-refractivity contribution in [2.24, 2.45) is 4.99 Å². The molecule has 0 radical (unpaired) electrons. The number of carbonyl (C=O) groups excluding carboxylic acids is 2. The van der Waals surface area contributed by atoms with E-state index in [4.69, 9.17) is 11.6 Å². The number of aromatic nitrogens is 1. The predicted octanol–water partition coefficient (Wildman–Crippen LogP) is 5.04. The molecule has 2 amide bonds. The van der Waals surface area contributed by atoms with E-state index < -0.39 is 12.3 Å². The quantitative estimate of drug-likeness (QED) is 0.465. The van der Waals surface area contributed by atoms with E-state index in [2.05, 4.69) is 15.0 Å². The van der Waals surface area contributed by atoms with Crippen LogP contribution >= 0.6 is 22.9 Å². The van der Waals surface area contributed by atoms with Gasteiger partial charge in [0.05, 0.1) is 5.69 Å². The van der Waals surface area contributed by atoms with Gasteiger partial charge in [-0.05, 0) is 54.4 Å². The standard InChI is InChI=1S/C22H19ClF3N3O3S/c1-14(30)27-10-3-11-29-19(15-6-8-18(9-7-15)32-22(24,25)26)13-33-21(29)28-20(31)16-4-2-5-17(23)12-16/h2,4-9,12-13H,3,10-11H2,1H3,(H,27,30). The summed E-state index contributed by atoms with van der Waals surface area (Å²) in [5.41, 5.74) is 1.62. The summed E-state index contributed by atoms with van der Waals surface area (Å²) in [6.07, 6.45) is -4.22. The largest absolute Gasteiger partial charge is 0.573 e. The van der Waals surface area contributed by atoms with Crippen LogP contribution in [0.15, 0.2) is 58.9 Å². The fraction of sp³-hybridized carbons (Fsp3) is 0.227. The Labute approximate surface area is 196 Å². The zero-order valence-corrected chi connectivity index (χ0v) is 18.9. The molecule has 174 valence electrons. The summed E-state index contributed by atoms with van der Waals surface area (Å²) < 4.78 is 43.0. The van der Waals surface area contributed by atoms with E-state index >= 15 is 0 Å². The third-order valence-corrected chi connectivity index (χ3v) is 5.48. The molecule has 11 heteroatoms. The third-order valence-electron chi connectivity index (χ3n) is 4.38. The molecule has 0 aliphatic heterocycles. The van der Waals surface area contributed by atoms with E-state index in [9.17, 15) is 22.8 Å². The van der Waals surface area contributed by atoms with E-state index in [0.29, 0.717) is 46.2 Å². The van der Waals surface area contributed by atoms with Gasteiger partial charge < -0.3 is 14.6 Å². The Kier molecular flexibility index (Phi) is 7.93. The average Bonchev–Trinajstić information content (AvgIpc) is 3.12. The number of hydrogen-bond acceptors (Lipinski definition) is 4. The molecule has 33 heavy (non-hydrogen) atoms. The number of ether oxygens (including phenoxy) is 1. The maximum absolute atomic E-state index is 12.6. The first-order valence-corrected chi connectivity index (χ1v) is 11.0. The van der Waals surface area contributed by atoms with Crippen molar-refractivity contribution in [3.8, 4) is 17.0 Å². The lowest BCUT2D eigenvalue weighted by molar-refractivity contribution is -0.274. The molecule has 3 rings (SSSR count). The van der Waals surface area contributed by atoms with Gasteiger partial charge in [0, 0.05) is 36.0 Å². The summed E-state index contributed by atoms with van der Waals surface area (Å²) in [5, 5.41) is 4.88. The Hall–Kier alpha value is -3.11. The lowest BCUT2D eigenvalue weighted by Crippen LogP contribution is -2.24. The van der Waals surface area contributed by atoms with Gasteiger partial charge in [0.2, 0.25) is 5.91 Å². The van der Waals surface area contributed by atoms with Crippen LogP contribution in [0.5, 0.6) is 5.75 Å². The summed E-state index contributed by atoms with van der Waals surface area (Å²) >= 11 is 7.18. The molecule has 0 atom stereocenters. The molecule has 0 aliphatic carbocycles. The van der Waals surface area contributed by atoms with Crippen molar-refractivity contribution in [3.05, 3.63) is 69.3 Å². The summed E-state index contributed by atoms with van der Waals surface area (Å²) in [6.45, 7) is 2.25. The minimum absolute atomic E-state index is 0.160. The first-order chi connectivity index (χ1) is 15.6. The lowest BCUT2D eigenvalue weighted by Gasteiger charge is -2.11. The molecular formula is C22H19ClF3N3O3S. The highest BCUT2D eigenvalue weighted by Gasteiger charge is 2.31. The van der Waals surface area contributed by atoms with Crippen LogP contribution in [0.2, 0.25) is 5.02 Å². The summed E-state index contributed by atoms with van der Waals surface area (Å²) in [7, 11) is 0. The highest BCUT2D eigenvalue weighted by molar-refractivity contribution is 7.07. The van der Waals surface area contributed by atoms with E-state index in [1.165, 1.54) is 48.6 Å². The molecule has 6 nitrogen and oxygen atoms in total. The number of nitrogens with zero attached hydrogens (tertiary/aromatic N) is 2. The van der Waals surface area contributed by atoms with Crippen LogP contribution < -0.4 is 14.9 Å². The zero-order chi connectivity index (χ0) is 24.0. The molecule has 1 N–H and O–H groups in total. The van der Waals surface area contributed by atoms with Crippen LogP contribution in [0.4, 0.5) is 13.2 Å². The first-order valence-electron chi connectivity index (χ1n) is 9.76. The number of nitrogens with one attached hydrogen (secondary N) is 1. The Morgan fingerprint density at radius 1 is 1.18 bits per heavy atom. The van der Waals surface area contributed by atoms with Crippen molar-refractivity contribution < 1.29 is 27.5 Å². The number of rotatable bonds is 7. The Morgan fingerprint density at radius 3 is 2.55 bits per heavy atom. The van der Waals surface area contributed by atoms with Gasteiger partial charge >= 0.3 is 6.36 Å². The summed E-state index contributed by atoms with van der Waals surface area (Å²) in [5.74, 6) is -0.970. The minimum Gasteiger partial charge on any atom is -0.406 e. The number of amides is 2. The second-order valence-corrected chi connectivity index (χ2v) is 8.16. The molecular weight excluding hydrogens is 479 g/mol. The van der Waals surface area contributed by atoms with Gasteiger partial charge in [-0.1, -0.05) is 17.7 Å². The molecule has 2 aromatic carbocycles. The molecule has 1 heterocycles. The fourth-order valence-corrected chi connectivity index (χ4v) is 4.09. The number of carbonyl (C=O) groups is 2. The van der Waals surface area contributed by atoms with E-state index in [0.717, 1.165) is 0 Å². The topological polar surface area (TPSA) is 72.7 Å². The number of hydrogen-bond donors (Lipinski definition) is 1. The molecule has 0 unspecified atom stereocenters. The van der Waals surface area contributed by atoms with Gasteiger partial charge in [-0.25, -0.2) is 0 Å². The molecule has 0 spiro atoms. The summed E-state index contributed by atoms with van der Waals surface area (Å²) in [6, 6.07) is 11.8. The molecule has 0 aliphatic rings. The van der Waals surface area contributed by atoms with Crippen LogP contribution in [0.1, 0.15) is 23.7 Å². The normalized spacial score (nSPS) is 12.0. The summed E-state index contributed by atoms with van der Waals surface area (Å²) in [4.78, 5) is 28.4. The van der Waals surface area contributed by atoms with Gasteiger partial charge in [0.1, 0.15) is 5.75 Å². The molecule has 1 aromatic heterocycles. The van der Waals surface area contributed by atoms with Crippen LogP contribution in [0, 0.1) is 0 Å². The maximum Gasteiger partial charge on any atom is 0.573 e. The smallest absolute Gasteiger partial charge is 0.406 e. The highest BCUT2D eigenvalue weighted by atomic mass is 35.5. The van der Waals surface area contributed by atoms with E-state index in [-0.39, 0.29) is 11.7 Å². The molecule has 0 saturated heterocycles. The average molecular weight is 498 g/mol. The van der Waals surface area contributed by atoms with Crippen molar-refractivity contribution in [1.29, 1.82) is 0 Å². The van der Waals surface area contributed by atoms with Crippen LogP contribution in [0.25, 0.3) is 11.3 Å². The predicted molar refractivity (Wildman–Crippen MR) is 119 cm³/mol. The van der Waals surface area contributed by atoms with Gasteiger partial charge in [-0.2, -0.15) is 4.99 Å². The Morgan fingerprint density at radius 2 is 1.91 bits per heavy atom. The molecule has 0 fully saturated rings. The number of thiazole rings is 1. The van der Waals surface area contributed by atoms with Crippen molar-refractivity contribution in [3.63, 3.8) is 0 Å². The SMILES string of the molecule is CC(=O)NCCCn1c(-c2ccc(OC(F)(F)F)cc2)csc1=NC(=O)c1cccc(Cl)c1. The van der Waals surface area contributed by atoms with Crippen LogP contribution in [0.3, 0.4) is 0 Å². The fourth-order valence-electron chi connectivity index (χ4n) is 2.97. The minimum atomic E-state index is -4.78. The van der Waals surface area contributed by atoms with Gasteiger partial charge in [0.15, 0.2) is 4.80 Å². The van der Waals surface area contributed by atoms with Crippen molar-refractivity contribution in [2.45, 2.75) is 26.3 Å². The monoisotopic (exact) mass is 497 g/mol. The second kappa shape index (κ2) is 10.7. The van der Waals surface area contributed by atoms with Gasteiger partial charge in [-0.15, -0.1) is 24.5 Å².